The van der Waals surface area contributed by atoms with Gasteiger partial charge in [0, 0.05) is 18.7 Å². The van der Waals surface area contributed by atoms with E-state index < -0.39 is 0 Å². The normalized spacial score (nSPS) is 11.2. The number of ether oxygens (including phenoxy) is 1. The molecule has 0 aromatic heterocycles. The van der Waals surface area contributed by atoms with E-state index in [1.807, 2.05) is 6.92 Å². The quantitative estimate of drug-likeness (QED) is 0.308. The molecule has 24 heavy (non-hydrogen) atoms. The number of aliphatic hydroxyl groups is 1. The minimum atomic E-state index is 0. The second kappa shape index (κ2) is 13.3. The molecular weight excluding hydrogens is 417 g/mol. The Hall–Kier alpha value is -1.02. The summed E-state index contributed by atoms with van der Waals surface area (Å²) in [6.45, 7) is 11.1. The fourth-order valence-electron chi connectivity index (χ4n) is 2.01. The number of rotatable bonds is 9. The van der Waals surface area contributed by atoms with Crippen molar-refractivity contribution in [3.63, 3.8) is 0 Å². The lowest BCUT2D eigenvalue weighted by Crippen LogP contribution is -2.38. The predicted octanol–water partition coefficient (Wildman–Crippen LogP) is 3.09. The van der Waals surface area contributed by atoms with Crippen molar-refractivity contribution in [1.29, 1.82) is 0 Å². The van der Waals surface area contributed by atoms with Gasteiger partial charge in [-0.1, -0.05) is 26.0 Å². The largest absolute Gasteiger partial charge is 0.493 e. The molecule has 0 heterocycles. The smallest absolute Gasteiger partial charge is 0.191 e. The molecule has 1 aromatic rings. The lowest BCUT2D eigenvalue weighted by molar-refractivity contribution is 0.287. The summed E-state index contributed by atoms with van der Waals surface area (Å²) in [5, 5.41) is 15.2. The maximum Gasteiger partial charge on any atom is 0.191 e. The van der Waals surface area contributed by atoms with Gasteiger partial charge in [0.05, 0.1) is 19.8 Å². The first kappa shape index (κ1) is 23.0. The Balaban J connectivity index is 0.00000529. The van der Waals surface area contributed by atoms with Crippen LogP contribution in [0.4, 0.5) is 0 Å². The number of halogens is 1. The number of hydrogen-bond donors (Lipinski definition) is 3. The lowest BCUT2D eigenvalue weighted by Gasteiger charge is -2.14. The molecule has 0 aliphatic heterocycles. The maximum atomic E-state index is 8.92. The minimum Gasteiger partial charge on any atom is -0.493 e. The first-order valence-corrected chi connectivity index (χ1v) is 8.42. The standard InChI is InChI=1S/C18H31N3O2.HI/c1-5-19-18(20-9-10-22)21-13-16-7-6-15(4)12-17(16)23-11-8-14(2)3;/h6-7,12,14,22H,5,8-11,13H2,1-4H3,(H2,19,20,21);1H. The molecule has 0 spiro atoms. The number of benzene rings is 1. The fraction of sp³-hybridized carbons (Fsp3) is 0.611. The highest BCUT2D eigenvalue weighted by molar-refractivity contribution is 14.0. The van der Waals surface area contributed by atoms with Gasteiger partial charge in [-0.3, -0.25) is 0 Å². The minimum absolute atomic E-state index is 0. The number of aliphatic hydroxyl groups excluding tert-OH is 1. The van der Waals surface area contributed by atoms with Gasteiger partial charge in [-0.25, -0.2) is 4.99 Å². The van der Waals surface area contributed by atoms with Crippen LogP contribution in [0.3, 0.4) is 0 Å². The zero-order valence-corrected chi connectivity index (χ0v) is 17.6. The molecule has 6 heteroatoms. The van der Waals surface area contributed by atoms with Crippen molar-refractivity contribution < 1.29 is 9.84 Å². The molecule has 0 fully saturated rings. The van der Waals surface area contributed by atoms with Crippen LogP contribution in [0.2, 0.25) is 0 Å². The van der Waals surface area contributed by atoms with Gasteiger partial charge in [0.2, 0.25) is 0 Å². The van der Waals surface area contributed by atoms with Crippen LogP contribution in [0.25, 0.3) is 0 Å². The average molecular weight is 449 g/mol. The molecule has 5 nitrogen and oxygen atoms in total. The van der Waals surface area contributed by atoms with Crippen molar-refractivity contribution in [3.8, 4) is 5.75 Å². The zero-order chi connectivity index (χ0) is 17.1. The Labute approximate surface area is 163 Å². The molecule has 138 valence electrons. The van der Waals surface area contributed by atoms with E-state index in [1.165, 1.54) is 5.56 Å². The van der Waals surface area contributed by atoms with Crippen LogP contribution in [0.1, 0.15) is 38.3 Å². The highest BCUT2D eigenvalue weighted by atomic mass is 127. The summed E-state index contributed by atoms with van der Waals surface area (Å²) in [5.41, 5.74) is 2.25. The van der Waals surface area contributed by atoms with E-state index in [9.17, 15) is 0 Å². The van der Waals surface area contributed by atoms with Crippen molar-refractivity contribution in [2.24, 2.45) is 10.9 Å². The Bertz CT molecular complexity index is 493. The van der Waals surface area contributed by atoms with Gasteiger partial charge in [0.1, 0.15) is 5.75 Å². The second-order valence-corrected chi connectivity index (χ2v) is 5.99. The van der Waals surface area contributed by atoms with E-state index in [1.54, 1.807) is 0 Å². The van der Waals surface area contributed by atoms with Crippen LogP contribution >= 0.6 is 24.0 Å². The molecule has 0 aliphatic carbocycles. The van der Waals surface area contributed by atoms with Crippen molar-refractivity contribution in [2.75, 3.05) is 26.3 Å². The van der Waals surface area contributed by atoms with Crippen LogP contribution in [-0.2, 0) is 6.54 Å². The number of aryl methyl sites for hydroxylation is 1. The van der Waals surface area contributed by atoms with Gasteiger partial charge >= 0.3 is 0 Å². The average Bonchev–Trinajstić information content (AvgIpc) is 2.51. The van der Waals surface area contributed by atoms with E-state index in [4.69, 9.17) is 9.84 Å². The topological polar surface area (TPSA) is 65.9 Å². The van der Waals surface area contributed by atoms with E-state index in [-0.39, 0.29) is 30.6 Å². The van der Waals surface area contributed by atoms with Gasteiger partial charge in [0.15, 0.2) is 5.96 Å². The summed E-state index contributed by atoms with van der Waals surface area (Å²) in [7, 11) is 0. The molecule has 0 saturated heterocycles. The SMILES string of the molecule is CCNC(=NCc1ccc(C)cc1OCCC(C)C)NCCO.I. The number of nitrogens with zero attached hydrogens (tertiary/aromatic N) is 1. The van der Waals surface area contributed by atoms with Gasteiger partial charge in [-0.2, -0.15) is 0 Å². The van der Waals surface area contributed by atoms with E-state index in [0.717, 1.165) is 30.9 Å². The van der Waals surface area contributed by atoms with E-state index in [0.29, 0.717) is 25.0 Å². The van der Waals surface area contributed by atoms with Crippen molar-refractivity contribution >= 4 is 29.9 Å². The van der Waals surface area contributed by atoms with E-state index in [2.05, 4.69) is 54.6 Å². The Kier molecular flexibility index (Phi) is 12.7. The number of guanidine groups is 1. The molecule has 0 bridgehead atoms. The summed E-state index contributed by atoms with van der Waals surface area (Å²) < 4.78 is 5.95. The molecule has 0 amide bonds. The van der Waals surface area contributed by atoms with Crippen LogP contribution in [0.5, 0.6) is 5.75 Å². The summed E-state index contributed by atoms with van der Waals surface area (Å²) in [6, 6.07) is 6.21. The fourth-order valence-corrected chi connectivity index (χ4v) is 2.01. The van der Waals surface area contributed by atoms with Crippen LogP contribution < -0.4 is 15.4 Å². The summed E-state index contributed by atoms with van der Waals surface area (Å²) >= 11 is 0. The molecule has 0 radical (unpaired) electrons. The van der Waals surface area contributed by atoms with Gasteiger partial charge in [0.25, 0.3) is 0 Å². The molecule has 0 atom stereocenters. The second-order valence-electron chi connectivity index (χ2n) is 5.99. The third-order valence-electron chi connectivity index (χ3n) is 3.33. The summed E-state index contributed by atoms with van der Waals surface area (Å²) in [4.78, 5) is 4.56. The van der Waals surface area contributed by atoms with Crippen molar-refractivity contribution in [2.45, 2.75) is 40.7 Å². The highest BCUT2D eigenvalue weighted by Crippen LogP contribution is 2.22. The maximum absolute atomic E-state index is 8.92. The number of aliphatic imine (C=N–C) groups is 1. The Morgan fingerprint density at radius 2 is 2.04 bits per heavy atom. The van der Waals surface area contributed by atoms with Crippen LogP contribution in [0.15, 0.2) is 23.2 Å². The summed E-state index contributed by atoms with van der Waals surface area (Å²) in [5.74, 6) is 2.24. The molecular formula is C18H32IN3O2. The molecule has 3 N–H and O–H groups in total. The molecule has 1 aromatic carbocycles. The van der Waals surface area contributed by atoms with Crippen molar-refractivity contribution in [3.05, 3.63) is 29.3 Å². The third-order valence-corrected chi connectivity index (χ3v) is 3.33. The molecule has 1 rings (SSSR count). The van der Waals surface area contributed by atoms with E-state index >= 15 is 0 Å². The molecule has 0 saturated carbocycles. The Morgan fingerprint density at radius 3 is 2.67 bits per heavy atom. The molecule has 0 unspecified atom stereocenters. The summed E-state index contributed by atoms with van der Waals surface area (Å²) in [6.07, 6.45) is 1.04. The number of hydrogen-bond acceptors (Lipinski definition) is 3. The number of nitrogens with one attached hydrogen (secondary N) is 2. The molecule has 0 aliphatic rings. The first-order chi connectivity index (χ1) is 11.1. The Morgan fingerprint density at radius 1 is 1.29 bits per heavy atom. The van der Waals surface area contributed by atoms with Crippen LogP contribution in [-0.4, -0.2) is 37.4 Å². The third kappa shape index (κ3) is 9.32. The van der Waals surface area contributed by atoms with Crippen molar-refractivity contribution in [1.82, 2.24) is 10.6 Å². The van der Waals surface area contributed by atoms with Gasteiger partial charge in [-0.15, -0.1) is 24.0 Å². The first-order valence-electron chi connectivity index (χ1n) is 8.42. The monoisotopic (exact) mass is 449 g/mol. The van der Waals surface area contributed by atoms with Gasteiger partial charge < -0.3 is 20.5 Å². The van der Waals surface area contributed by atoms with Crippen LogP contribution in [0, 0.1) is 12.8 Å². The lowest BCUT2D eigenvalue weighted by atomic mass is 10.1. The predicted molar refractivity (Wildman–Crippen MR) is 111 cm³/mol. The zero-order valence-electron chi connectivity index (χ0n) is 15.3. The highest BCUT2D eigenvalue weighted by Gasteiger charge is 2.06. The van der Waals surface area contributed by atoms with Gasteiger partial charge in [-0.05, 0) is 37.8 Å².